The second-order valence-electron chi connectivity index (χ2n) is 8.08. The van der Waals surface area contributed by atoms with Crippen LogP contribution in [0.15, 0.2) is 18.2 Å². The molecule has 1 aromatic rings. The smallest absolute Gasteiger partial charge is 0.160 e. The molecule has 25 heavy (non-hydrogen) atoms. The lowest BCUT2D eigenvalue weighted by atomic mass is 9.81. The van der Waals surface area contributed by atoms with Crippen molar-refractivity contribution >= 4 is 0 Å². The number of phenols is 1. The van der Waals surface area contributed by atoms with Crippen molar-refractivity contribution in [2.75, 3.05) is 26.7 Å². The molecule has 0 aliphatic carbocycles. The Morgan fingerprint density at radius 3 is 2.96 bits per heavy atom. The van der Waals surface area contributed by atoms with Gasteiger partial charge in [-0.05, 0) is 61.3 Å². The summed E-state index contributed by atoms with van der Waals surface area (Å²) in [6.07, 6.45) is 3.85. The van der Waals surface area contributed by atoms with E-state index < -0.39 is 0 Å². The minimum Gasteiger partial charge on any atom is -0.504 e. The van der Waals surface area contributed by atoms with Crippen LogP contribution in [0.1, 0.15) is 38.7 Å². The number of rotatable bonds is 6. The van der Waals surface area contributed by atoms with Crippen molar-refractivity contribution in [1.82, 2.24) is 15.8 Å². The van der Waals surface area contributed by atoms with Gasteiger partial charge in [0.25, 0.3) is 0 Å². The molecule has 2 saturated heterocycles. The molecule has 140 valence electrons. The van der Waals surface area contributed by atoms with Gasteiger partial charge in [-0.1, -0.05) is 19.9 Å². The van der Waals surface area contributed by atoms with Gasteiger partial charge in [0.05, 0.1) is 7.11 Å². The quantitative estimate of drug-likeness (QED) is 0.739. The molecule has 0 bridgehead atoms. The highest BCUT2D eigenvalue weighted by atomic mass is 16.5. The minimum absolute atomic E-state index is 0.209. The first-order valence-electron chi connectivity index (χ1n) is 9.63. The normalized spacial score (nSPS) is 27.8. The van der Waals surface area contributed by atoms with Crippen LogP contribution in [0.5, 0.6) is 11.5 Å². The first-order valence-corrected chi connectivity index (χ1v) is 9.63. The summed E-state index contributed by atoms with van der Waals surface area (Å²) in [6, 6.07) is 6.27. The fraction of sp³-hybridized carbons (Fsp3) is 0.700. The predicted octanol–water partition coefficient (Wildman–Crippen LogP) is 2.75. The number of piperidine rings is 1. The number of hydrogen-bond acceptors (Lipinski definition) is 5. The Labute approximate surface area is 151 Å². The Morgan fingerprint density at radius 2 is 2.20 bits per heavy atom. The second-order valence-corrected chi connectivity index (χ2v) is 8.08. The first kappa shape index (κ1) is 18.5. The molecule has 3 unspecified atom stereocenters. The van der Waals surface area contributed by atoms with E-state index in [4.69, 9.17) is 4.74 Å². The van der Waals surface area contributed by atoms with Crippen molar-refractivity contribution in [2.45, 2.75) is 45.7 Å². The van der Waals surface area contributed by atoms with Gasteiger partial charge in [-0.15, -0.1) is 0 Å². The number of likely N-dealkylation sites (tertiary alicyclic amines) is 1. The SMILES string of the molecule is COc1cc(CN2CCCC(C3NNCC3CC(C)C)C2)ccc1O. The van der Waals surface area contributed by atoms with Gasteiger partial charge < -0.3 is 9.84 Å². The molecule has 2 aliphatic rings. The van der Waals surface area contributed by atoms with Crippen LogP contribution < -0.4 is 15.6 Å². The molecule has 0 spiro atoms. The molecular weight excluding hydrogens is 314 g/mol. The highest BCUT2D eigenvalue weighted by Gasteiger charge is 2.35. The second kappa shape index (κ2) is 8.39. The van der Waals surface area contributed by atoms with Gasteiger partial charge in [0.1, 0.15) is 0 Å². The molecule has 5 nitrogen and oxygen atoms in total. The maximum atomic E-state index is 9.77. The highest BCUT2D eigenvalue weighted by molar-refractivity contribution is 5.41. The highest BCUT2D eigenvalue weighted by Crippen LogP contribution is 2.31. The van der Waals surface area contributed by atoms with Crippen LogP contribution >= 0.6 is 0 Å². The summed E-state index contributed by atoms with van der Waals surface area (Å²) in [7, 11) is 1.60. The lowest BCUT2D eigenvalue weighted by Gasteiger charge is -2.37. The topological polar surface area (TPSA) is 56.8 Å². The monoisotopic (exact) mass is 347 g/mol. The van der Waals surface area contributed by atoms with Gasteiger partial charge in [-0.3, -0.25) is 15.8 Å². The molecule has 5 heteroatoms. The Bertz CT molecular complexity index is 564. The largest absolute Gasteiger partial charge is 0.504 e. The van der Waals surface area contributed by atoms with Gasteiger partial charge in [0.15, 0.2) is 11.5 Å². The van der Waals surface area contributed by atoms with E-state index in [0.29, 0.717) is 17.7 Å². The molecular formula is C20H33N3O2. The molecule has 3 N–H and O–H groups in total. The van der Waals surface area contributed by atoms with Crippen LogP contribution in [0.2, 0.25) is 0 Å². The number of aromatic hydroxyl groups is 1. The number of nitrogens with zero attached hydrogens (tertiary/aromatic N) is 1. The minimum atomic E-state index is 0.209. The number of nitrogens with one attached hydrogen (secondary N) is 2. The van der Waals surface area contributed by atoms with Gasteiger partial charge in [-0.2, -0.15) is 0 Å². The van der Waals surface area contributed by atoms with E-state index in [1.165, 1.54) is 24.8 Å². The van der Waals surface area contributed by atoms with Crippen LogP contribution in [-0.2, 0) is 6.54 Å². The van der Waals surface area contributed by atoms with Crippen molar-refractivity contribution in [3.8, 4) is 11.5 Å². The van der Waals surface area contributed by atoms with Gasteiger partial charge in [0.2, 0.25) is 0 Å². The zero-order valence-corrected chi connectivity index (χ0v) is 15.8. The number of hydrazine groups is 1. The Hall–Kier alpha value is -1.30. The van der Waals surface area contributed by atoms with Crippen molar-refractivity contribution in [2.24, 2.45) is 17.8 Å². The Kier molecular flexibility index (Phi) is 6.20. The van der Waals surface area contributed by atoms with Gasteiger partial charge in [-0.25, -0.2) is 0 Å². The van der Waals surface area contributed by atoms with Crippen LogP contribution in [0.4, 0.5) is 0 Å². The summed E-state index contributed by atoms with van der Waals surface area (Å²) in [6.45, 7) is 8.93. The third-order valence-corrected chi connectivity index (χ3v) is 5.62. The van der Waals surface area contributed by atoms with Gasteiger partial charge in [0, 0.05) is 25.7 Å². The molecule has 2 fully saturated rings. The standard InChI is InChI=1S/C20H33N3O2/c1-14(2)9-17-11-21-22-20(17)16-5-4-8-23(13-16)12-15-6-7-18(24)19(10-15)25-3/h6-7,10,14,16-17,20-22,24H,4-5,8-9,11-13H2,1-3H3. The lowest BCUT2D eigenvalue weighted by Crippen LogP contribution is -2.46. The summed E-state index contributed by atoms with van der Waals surface area (Å²) in [5, 5.41) is 9.77. The van der Waals surface area contributed by atoms with Crippen LogP contribution in [-0.4, -0.2) is 42.8 Å². The zero-order chi connectivity index (χ0) is 17.8. The summed E-state index contributed by atoms with van der Waals surface area (Å²) in [4.78, 5) is 2.55. The van der Waals surface area contributed by atoms with Crippen molar-refractivity contribution in [1.29, 1.82) is 0 Å². The van der Waals surface area contributed by atoms with E-state index in [1.807, 2.05) is 12.1 Å². The van der Waals surface area contributed by atoms with E-state index in [-0.39, 0.29) is 5.75 Å². The molecule has 0 radical (unpaired) electrons. The first-order chi connectivity index (χ1) is 12.1. The summed E-state index contributed by atoms with van der Waals surface area (Å²) >= 11 is 0. The molecule has 3 rings (SSSR count). The number of methoxy groups -OCH3 is 1. The molecule has 0 aromatic heterocycles. The molecule has 3 atom stereocenters. The summed E-state index contributed by atoms with van der Waals surface area (Å²) < 4.78 is 5.24. The average molecular weight is 348 g/mol. The van der Waals surface area contributed by atoms with Crippen LogP contribution in [0.25, 0.3) is 0 Å². The number of ether oxygens (including phenoxy) is 1. The van der Waals surface area contributed by atoms with E-state index in [9.17, 15) is 5.11 Å². The van der Waals surface area contributed by atoms with Crippen molar-refractivity contribution < 1.29 is 9.84 Å². The number of hydrogen-bond donors (Lipinski definition) is 3. The molecule has 0 saturated carbocycles. The number of benzene rings is 1. The maximum absolute atomic E-state index is 9.77. The van der Waals surface area contributed by atoms with Crippen LogP contribution in [0.3, 0.4) is 0 Å². The molecule has 2 aliphatic heterocycles. The van der Waals surface area contributed by atoms with E-state index in [2.05, 4.69) is 29.6 Å². The third-order valence-electron chi connectivity index (χ3n) is 5.62. The predicted molar refractivity (Wildman–Crippen MR) is 101 cm³/mol. The average Bonchev–Trinajstić information content (AvgIpc) is 3.04. The van der Waals surface area contributed by atoms with Crippen molar-refractivity contribution in [3.63, 3.8) is 0 Å². The third kappa shape index (κ3) is 4.66. The Morgan fingerprint density at radius 1 is 1.36 bits per heavy atom. The summed E-state index contributed by atoms with van der Waals surface area (Å²) in [5.74, 6) is 2.95. The number of phenolic OH excluding ortho intramolecular Hbond substituents is 1. The zero-order valence-electron chi connectivity index (χ0n) is 15.8. The van der Waals surface area contributed by atoms with Gasteiger partial charge >= 0.3 is 0 Å². The van der Waals surface area contributed by atoms with Crippen molar-refractivity contribution in [3.05, 3.63) is 23.8 Å². The van der Waals surface area contributed by atoms with E-state index in [1.54, 1.807) is 13.2 Å². The van der Waals surface area contributed by atoms with Crippen LogP contribution in [0, 0.1) is 17.8 Å². The van der Waals surface area contributed by atoms with E-state index >= 15 is 0 Å². The fourth-order valence-corrected chi connectivity index (χ4v) is 4.50. The molecule has 0 amide bonds. The maximum Gasteiger partial charge on any atom is 0.160 e. The summed E-state index contributed by atoms with van der Waals surface area (Å²) in [5.41, 5.74) is 8.16. The molecule has 2 heterocycles. The Balaban J connectivity index is 1.61. The van der Waals surface area contributed by atoms with E-state index in [0.717, 1.165) is 38.0 Å². The lowest BCUT2D eigenvalue weighted by molar-refractivity contribution is 0.128. The fourth-order valence-electron chi connectivity index (χ4n) is 4.50. The molecule has 1 aromatic carbocycles.